The van der Waals surface area contributed by atoms with Crippen molar-refractivity contribution in [3.63, 3.8) is 0 Å². The molecular weight excluding hydrogens is 228 g/mol. The van der Waals surface area contributed by atoms with E-state index < -0.39 is 0 Å². The fourth-order valence-corrected chi connectivity index (χ4v) is 3.06. The van der Waals surface area contributed by atoms with Crippen molar-refractivity contribution in [2.75, 3.05) is 20.2 Å². The molecule has 1 amide bonds. The molecule has 1 fully saturated rings. The minimum atomic E-state index is -0.198. The quantitative estimate of drug-likeness (QED) is 0.814. The Morgan fingerprint density at radius 2 is 1.94 bits per heavy atom. The van der Waals surface area contributed by atoms with Crippen LogP contribution >= 0.6 is 0 Å². The first kappa shape index (κ1) is 15.4. The first-order chi connectivity index (χ1) is 8.11. The molecule has 1 saturated heterocycles. The highest BCUT2D eigenvalue weighted by atomic mass is 16.3. The molecule has 0 aliphatic carbocycles. The van der Waals surface area contributed by atoms with Crippen molar-refractivity contribution >= 4 is 5.91 Å². The third-order valence-corrected chi connectivity index (χ3v) is 3.79. The summed E-state index contributed by atoms with van der Waals surface area (Å²) < 4.78 is 0. The number of hydrogen-bond acceptors (Lipinski definition) is 3. The van der Waals surface area contributed by atoms with Crippen LogP contribution < -0.4 is 0 Å². The van der Waals surface area contributed by atoms with Gasteiger partial charge in [-0.15, -0.1) is 0 Å². The highest BCUT2D eigenvalue weighted by molar-refractivity contribution is 5.83. The summed E-state index contributed by atoms with van der Waals surface area (Å²) in [7, 11) is 1.97. The van der Waals surface area contributed by atoms with E-state index in [0.717, 1.165) is 13.0 Å². The summed E-state index contributed by atoms with van der Waals surface area (Å²) in [6, 6.07) is -0.198. The number of hydrogen-bond donors (Lipinski definition) is 1. The average molecular weight is 256 g/mol. The van der Waals surface area contributed by atoms with Crippen LogP contribution in [0.25, 0.3) is 0 Å². The molecule has 0 bridgehead atoms. The lowest BCUT2D eigenvalue weighted by atomic mass is 9.91. The third-order valence-electron chi connectivity index (χ3n) is 3.79. The van der Waals surface area contributed by atoms with Crippen LogP contribution in [0, 0.1) is 0 Å². The molecule has 0 aromatic rings. The molecule has 0 radical (unpaired) electrons. The standard InChI is InChI=1S/C14H28N2O2/c1-13(2,3)16-12(18)11(7-10-17)15(6)9-8-14(16,4)5/h11,17H,7-10H2,1-6H3. The number of carbonyl (C=O) groups is 1. The summed E-state index contributed by atoms with van der Waals surface area (Å²) in [6.45, 7) is 11.4. The summed E-state index contributed by atoms with van der Waals surface area (Å²) in [5, 5.41) is 9.17. The zero-order valence-corrected chi connectivity index (χ0v) is 12.7. The van der Waals surface area contributed by atoms with Crippen LogP contribution in [-0.2, 0) is 4.79 Å². The van der Waals surface area contributed by atoms with E-state index in [0.29, 0.717) is 6.42 Å². The lowest BCUT2D eigenvalue weighted by Crippen LogP contribution is -2.59. The second-order valence-corrected chi connectivity index (χ2v) is 6.92. The van der Waals surface area contributed by atoms with Gasteiger partial charge in [-0.2, -0.15) is 0 Å². The zero-order valence-electron chi connectivity index (χ0n) is 12.7. The first-order valence-corrected chi connectivity index (χ1v) is 6.76. The van der Waals surface area contributed by atoms with Crippen molar-refractivity contribution < 1.29 is 9.90 Å². The Bertz CT molecular complexity index is 307. The molecule has 4 nitrogen and oxygen atoms in total. The van der Waals surface area contributed by atoms with E-state index in [9.17, 15) is 4.79 Å². The minimum absolute atomic E-state index is 0.0547. The molecule has 18 heavy (non-hydrogen) atoms. The van der Waals surface area contributed by atoms with Gasteiger partial charge in [0.2, 0.25) is 5.91 Å². The lowest BCUT2D eigenvalue weighted by Gasteiger charge is -2.47. The molecule has 0 aromatic heterocycles. The monoisotopic (exact) mass is 256 g/mol. The van der Waals surface area contributed by atoms with Crippen LogP contribution in [0.4, 0.5) is 0 Å². The highest BCUT2D eigenvalue weighted by Crippen LogP contribution is 2.32. The van der Waals surface area contributed by atoms with E-state index >= 15 is 0 Å². The molecule has 0 spiro atoms. The normalized spacial score (nSPS) is 26.3. The van der Waals surface area contributed by atoms with Crippen molar-refractivity contribution in [1.29, 1.82) is 0 Å². The van der Waals surface area contributed by atoms with Gasteiger partial charge in [0, 0.05) is 24.2 Å². The Morgan fingerprint density at radius 1 is 1.39 bits per heavy atom. The van der Waals surface area contributed by atoms with Crippen LogP contribution in [0.3, 0.4) is 0 Å². The van der Waals surface area contributed by atoms with Crippen molar-refractivity contribution in [3.8, 4) is 0 Å². The topological polar surface area (TPSA) is 43.8 Å². The van der Waals surface area contributed by atoms with Crippen molar-refractivity contribution in [2.24, 2.45) is 0 Å². The molecule has 1 unspecified atom stereocenters. The van der Waals surface area contributed by atoms with Gasteiger partial charge in [-0.25, -0.2) is 0 Å². The van der Waals surface area contributed by atoms with Gasteiger partial charge in [0.25, 0.3) is 0 Å². The molecular formula is C14H28N2O2. The third kappa shape index (κ3) is 3.04. The molecule has 1 aliphatic rings. The van der Waals surface area contributed by atoms with Gasteiger partial charge in [-0.3, -0.25) is 9.69 Å². The predicted molar refractivity (Wildman–Crippen MR) is 73.4 cm³/mol. The van der Waals surface area contributed by atoms with Crippen LogP contribution in [0.1, 0.15) is 47.5 Å². The highest BCUT2D eigenvalue weighted by Gasteiger charge is 2.44. The van der Waals surface area contributed by atoms with Gasteiger partial charge in [0.15, 0.2) is 0 Å². The fourth-order valence-electron chi connectivity index (χ4n) is 3.06. The Morgan fingerprint density at radius 3 is 2.39 bits per heavy atom. The molecule has 0 aromatic carbocycles. The Balaban J connectivity index is 3.13. The van der Waals surface area contributed by atoms with E-state index in [2.05, 4.69) is 39.5 Å². The van der Waals surface area contributed by atoms with Gasteiger partial charge < -0.3 is 10.0 Å². The number of aliphatic hydroxyl groups is 1. The number of aliphatic hydroxyl groups excluding tert-OH is 1. The van der Waals surface area contributed by atoms with Gasteiger partial charge in [-0.1, -0.05) is 0 Å². The van der Waals surface area contributed by atoms with Gasteiger partial charge in [0.05, 0.1) is 6.04 Å². The SMILES string of the molecule is CN1CCC(C)(C)N(C(C)(C)C)C(=O)C1CCO. The molecule has 1 atom stereocenters. The first-order valence-electron chi connectivity index (χ1n) is 6.76. The van der Waals surface area contributed by atoms with Crippen molar-refractivity contribution in [1.82, 2.24) is 9.80 Å². The molecule has 1 aliphatic heterocycles. The molecule has 1 heterocycles. The number of nitrogens with zero attached hydrogens (tertiary/aromatic N) is 2. The number of amides is 1. The average Bonchev–Trinajstić information content (AvgIpc) is 2.26. The molecule has 1 rings (SSSR count). The van der Waals surface area contributed by atoms with E-state index in [1.807, 2.05) is 11.9 Å². The van der Waals surface area contributed by atoms with E-state index in [4.69, 9.17) is 5.11 Å². The molecule has 1 N–H and O–H groups in total. The minimum Gasteiger partial charge on any atom is -0.396 e. The second-order valence-electron chi connectivity index (χ2n) is 6.92. The molecule has 4 heteroatoms. The summed E-state index contributed by atoms with van der Waals surface area (Å²) in [4.78, 5) is 16.9. The van der Waals surface area contributed by atoms with Crippen LogP contribution in [0.2, 0.25) is 0 Å². The van der Waals surface area contributed by atoms with Gasteiger partial charge >= 0.3 is 0 Å². The molecule has 0 saturated carbocycles. The Kier molecular flexibility index (Phi) is 4.44. The van der Waals surface area contributed by atoms with E-state index in [-0.39, 0.29) is 29.6 Å². The number of carbonyl (C=O) groups excluding carboxylic acids is 1. The maximum atomic E-state index is 12.8. The largest absolute Gasteiger partial charge is 0.396 e. The fraction of sp³-hybridized carbons (Fsp3) is 0.929. The van der Waals surface area contributed by atoms with Crippen LogP contribution in [0.15, 0.2) is 0 Å². The Hall–Kier alpha value is -0.610. The number of rotatable bonds is 2. The van der Waals surface area contributed by atoms with Crippen LogP contribution in [0.5, 0.6) is 0 Å². The van der Waals surface area contributed by atoms with Gasteiger partial charge in [-0.05, 0) is 54.5 Å². The van der Waals surface area contributed by atoms with Crippen molar-refractivity contribution in [2.45, 2.75) is 64.6 Å². The summed E-state index contributed by atoms with van der Waals surface area (Å²) in [5.74, 6) is 0.140. The van der Waals surface area contributed by atoms with E-state index in [1.54, 1.807) is 0 Å². The van der Waals surface area contributed by atoms with E-state index in [1.165, 1.54) is 0 Å². The maximum absolute atomic E-state index is 12.8. The maximum Gasteiger partial charge on any atom is 0.240 e. The van der Waals surface area contributed by atoms with Gasteiger partial charge in [0.1, 0.15) is 0 Å². The number of likely N-dealkylation sites (N-methyl/N-ethyl adjacent to an activating group) is 1. The summed E-state index contributed by atoms with van der Waals surface area (Å²) in [5.41, 5.74) is -0.340. The Labute approximate surface area is 111 Å². The van der Waals surface area contributed by atoms with Crippen molar-refractivity contribution in [3.05, 3.63) is 0 Å². The second kappa shape index (κ2) is 5.17. The lowest BCUT2D eigenvalue weighted by molar-refractivity contribution is -0.146. The molecule has 106 valence electrons. The zero-order chi connectivity index (χ0) is 14.1. The summed E-state index contributed by atoms with van der Waals surface area (Å²) in [6.07, 6.45) is 1.46. The predicted octanol–water partition coefficient (Wildman–Crippen LogP) is 1.48. The smallest absolute Gasteiger partial charge is 0.240 e. The summed E-state index contributed by atoms with van der Waals surface area (Å²) >= 11 is 0. The van der Waals surface area contributed by atoms with Crippen LogP contribution in [-0.4, -0.2) is 58.1 Å².